The van der Waals surface area contributed by atoms with Crippen molar-refractivity contribution in [2.75, 3.05) is 11.9 Å². The van der Waals surface area contributed by atoms with Gasteiger partial charge in [0.05, 0.1) is 0 Å². The fourth-order valence-corrected chi connectivity index (χ4v) is 2.34. The first-order valence-corrected chi connectivity index (χ1v) is 7.03. The van der Waals surface area contributed by atoms with Gasteiger partial charge < -0.3 is 10.2 Å². The minimum absolute atomic E-state index is 0.169. The van der Waals surface area contributed by atoms with E-state index in [1.807, 2.05) is 0 Å². The fourth-order valence-electron chi connectivity index (χ4n) is 2.34. The van der Waals surface area contributed by atoms with Gasteiger partial charge in [-0.25, -0.2) is 0 Å². The smallest absolute Gasteiger partial charge is 0.0411 e. The highest BCUT2D eigenvalue weighted by molar-refractivity contribution is 5.54. The Labute approximate surface area is 111 Å². The first-order chi connectivity index (χ1) is 8.47. The lowest BCUT2D eigenvalue weighted by molar-refractivity contribution is 0.398. The molecule has 1 aliphatic carbocycles. The Morgan fingerprint density at radius 1 is 1.22 bits per heavy atom. The van der Waals surface area contributed by atoms with Crippen LogP contribution < -0.4 is 10.2 Å². The summed E-state index contributed by atoms with van der Waals surface area (Å²) < 4.78 is 0. The van der Waals surface area contributed by atoms with Crippen molar-refractivity contribution < 1.29 is 0 Å². The van der Waals surface area contributed by atoms with E-state index in [0.717, 1.165) is 12.6 Å². The Balaban J connectivity index is 2.09. The Hall–Kier alpha value is -1.02. The van der Waals surface area contributed by atoms with E-state index in [1.54, 1.807) is 0 Å². The summed E-state index contributed by atoms with van der Waals surface area (Å²) in [6.07, 6.45) is 4.08. The van der Waals surface area contributed by atoms with Gasteiger partial charge in [0, 0.05) is 30.9 Å². The van der Waals surface area contributed by atoms with E-state index in [9.17, 15) is 0 Å². The van der Waals surface area contributed by atoms with Gasteiger partial charge in [0.25, 0.3) is 0 Å². The lowest BCUT2D eigenvalue weighted by atomic mass is 9.91. The molecule has 100 valence electrons. The number of anilines is 1. The maximum absolute atomic E-state index is 3.58. The van der Waals surface area contributed by atoms with E-state index < -0.39 is 0 Å². The van der Waals surface area contributed by atoms with Gasteiger partial charge in [-0.2, -0.15) is 0 Å². The van der Waals surface area contributed by atoms with Gasteiger partial charge in [0.15, 0.2) is 0 Å². The van der Waals surface area contributed by atoms with Crippen molar-refractivity contribution in [2.24, 2.45) is 0 Å². The van der Waals surface area contributed by atoms with Gasteiger partial charge in [-0.05, 0) is 51.7 Å². The van der Waals surface area contributed by atoms with Crippen LogP contribution in [0.15, 0.2) is 24.3 Å². The molecular weight excluding hydrogens is 220 g/mol. The highest BCUT2D eigenvalue weighted by Crippen LogP contribution is 2.30. The Bertz CT molecular complexity index is 388. The first kappa shape index (κ1) is 13.4. The summed E-state index contributed by atoms with van der Waals surface area (Å²) in [6, 6.07) is 9.52. The van der Waals surface area contributed by atoms with E-state index >= 15 is 0 Å². The minimum atomic E-state index is 0.169. The Morgan fingerprint density at radius 2 is 1.89 bits per heavy atom. The number of benzene rings is 1. The highest BCUT2D eigenvalue weighted by atomic mass is 15.1. The topological polar surface area (TPSA) is 15.3 Å². The standard InChI is InChI=1S/C16H26N2/c1-16(2,3)17-12-13-8-5-6-11-15(13)18(4)14-9-7-10-14/h5-6,8,11,14,17H,7,9-10,12H2,1-4H3. The molecule has 1 saturated carbocycles. The summed E-state index contributed by atoms with van der Waals surface area (Å²) in [5.41, 5.74) is 2.96. The zero-order chi connectivity index (χ0) is 13.2. The van der Waals surface area contributed by atoms with E-state index in [-0.39, 0.29) is 5.54 Å². The number of para-hydroxylation sites is 1. The predicted molar refractivity (Wildman–Crippen MR) is 79.1 cm³/mol. The van der Waals surface area contributed by atoms with Crippen molar-refractivity contribution >= 4 is 5.69 Å². The molecule has 1 N–H and O–H groups in total. The second kappa shape index (κ2) is 5.31. The molecule has 2 rings (SSSR count). The molecule has 1 aromatic carbocycles. The van der Waals surface area contributed by atoms with E-state index in [0.29, 0.717) is 0 Å². The van der Waals surface area contributed by atoms with E-state index in [4.69, 9.17) is 0 Å². The van der Waals surface area contributed by atoms with Gasteiger partial charge in [-0.15, -0.1) is 0 Å². The second-order valence-corrected chi connectivity index (χ2v) is 6.43. The number of hydrogen-bond donors (Lipinski definition) is 1. The summed E-state index contributed by atoms with van der Waals surface area (Å²) in [5, 5.41) is 3.58. The molecule has 1 aliphatic rings. The molecule has 18 heavy (non-hydrogen) atoms. The number of nitrogens with one attached hydrogen (secondary N) is 1. The van der Waals surface area contributed by atoms with Crippen LogP contribution in [-0.2, 0) is 6.54 Å². The molecule has 0 atom stereocenters. The molecule has 0 aliphatic heterocycles. The molecule has 0 saturated heterocycles. The SMILES string of the molecule is CN(c1ccccc1CNC(C)(C)C)C1CCC1. The first-order valence-electron chi connectivity index (χ1n) is 7.03. The molecule has 1 fully saturated rings. The molecule has 0 radical (unpaired) electrons. The van der Waals surface area contributed by atoms with Gasteiger partial charge in [0.2, 0.25) is 0 Å². The monoisotopic (exact) mass is 246 g/mol. The van der Waals surface area contributed by atoms with Gasteiger partial charge >= 0.3 is 0 Å². The minimum Gasteiger partial charge on any atom is -0.371 e. The zero-order valence-corrected chi connectivity index (χ0v) is 12.2. The van der Waals surface area contributed by atoms with Crippen LogP contribution in [0.25, 0.3) is 0 Å². The number of hydrogen-bond acceptors (Lipinski definition) is 2. The van der Waals surface area contributed by atoms with Crippen LogP contribution in [0.4, 0.5) is 5.69 Å². The highest BCUT2D eigenvalue weighted by Gasteiger charge is 2.23. The van der Waals surface area contributed by atoms with Crippen molar-refractivity contribution in [3.63, 3.8) is 0 Å². The third-order valence-corrected chi connectivity index (χ3v) is 3.80. The van der Waals surface area contributed by atoms with E-state index in [1.165, 1.54) is 30.5 Å². The normalized spacial score (nSPS) is 16.4. The lowest BCUT2D eigenvalue weighted by Crippen LogP contribution is -2.39. The lowest BCUT2D eigenvalue weighted by Gasteiger charge is -2.37. The molecule has 0 heterocycles. The molecule has 0 bridgehead atoms. The molecule has 2 heteroatoms. The molecule has 1 aromatic rings. The molecule has 0 unspecified atom stereocenters. The summed E-state index contributed by atoms with van der Waals surface area (Å²) in [6.45, 7) is 7.58. The molecule has 0 aromatic heterocycles. The van der Waals surface area contributed by atoms with Gasteiger partial charge in [-0.1, -0.05) is 18.2 Å². The number of nitrogens with zero attached hydrogens (tertiary/aromatic N) is 1. The summed E-state index contributed by atoms with van der Waals surface area (Å²) >= 11 is 0. The largest absolute Gasteiger partial charge is 0.371 e. The number of rotatable bonds is 4. The van der Waals surface area contributed by atoms with Crippen molar-refractivity contribution in [2.45, 2.75) is 58.2 Å². The second-order valence-electron chi connectivity index (χ2n) is 6.43. The maximum atomic E-state index is 3.58. The van der Waals surface area contributed by atoms with Crippen LogP contribution in [0.5, 0.6) is 0 Å². The average Bonchev–Trinajstić information content (AvgIpc) is 2.23. The summed E-state index contributed by atoms with van der Waals surface area (Å²) in [4.78, 5) is 2.46. The Kier molecular flexibility index (Phi) is 3.96. The van der Waals surface area contributed by atoms with Crippen LogP contribution in [-0.4, -0.2) is 18.6 Å². The van der Waals surface area contributed by atoms with Crippen molar-refractivity contribution in [3.05, 3.63) is 29.8 Å². The summed E-state index contributed by atoms with van der Waals surface area (Å²) in [5.74, 6) is 0. The fraction of sp³-hybridized carbons (Fsp3) is 0.625. The van der Waals surface area contributed by atoms with Crippen LogP contribution in [0, 0.1) is 0 Å². The zero-order valence-electron chi connectivity index (χ0n) is 12.2. The predicted octanol–water partition coefficient (Wildman–Crippen LogP) is 3.56. The van der Waals surface area contributed by atoms with Crippen LogP contribution in [0.3, 0.4) is 0 Å². The third-order valence-electron chi connectivity index (χ3n) is 3.80. The van der Waals surface area contributed by atoms with Crippen LogP contribution in [0.1, 0.15) is 45.6 Å². The molecular formula is C16H26N2. The van der Waals surface area contributed by atoms with Gasteiger partial charge in [-0.3, -0.25) is 0 Å². The van der Waals surface area contributed by atoms with Crippen molar-refractivity contribution in [1.29, 1.82) is 0 Å². The third kappa shape index (κ3) is 3.26. The van der Waals surface area contributed by atoms with Gasteiger partial charge in [0.1, 0.15) is 0 Å². The van der Waals surface area contributed by atoms with E-state index in [2.05, 4.69) is 62.3 Å². The maximum Gasteiger partial charge on any atom is 0.0411 e. The molecule has 0 spiro atoms. The molecule has 0 amide bonds. The summed E-state index contributed by atoms with van der Waals surface area (Å²) in [7, 11) is 2.24. The van der Waals surface area contributed by atoms with Crippen molar-refractivity contribution in [3.8, 4) is 0 Å². The average molecular weight is 246 g/mol. The van der Waals surface area contributed by atoms with Crippen LogP contribution in [0.2, 0.25) is 0 Å². The van der Waals surface area contributed by atoms with Crippen LogP contribution >= 0.6 is 0 Å². The van der Waals surface area contributed by atoms with Crippen molar-refractivity contribution in [1.82, 2.24) is 5.32 Å². The molecule has 2 nitrogen and oxygen atoms in total. The quantitative estimate of drug-likeness (QED) is 0.874. The Morgan fingerprint density at radius 3 is 2.44 bits per heavy atom.